The smallest absolute Gasteiger partial charge is 0.138 e. The Bertz CT molecular complexity index is 1150. The first kappa shape index (κ1) is 19.0. The topological polar surface area (TPSA) is 62.7 Å². The Labute approximate surface area is 176 Å². The van der Waals surface area contributed by atoms with E-state index in [0.717, 1.165) is 60.2 Å². The second kappa shape index (κ2) is 7.66. The first-order valence-electron chi connectivity index (χ1n) is 10.3. The molecule has 0 unspecified atom stereocenters. The van der Waals surface area contributed by atoms with Crippen LogP contribution in [0.5, 0.6) is 0 Å². The number of hydrogen-bond acceptors (Lipinski definition) is 6. The number of hydrogen-bond donors (Lipinski definition) is 0. The van der Waals surface area contributed by atoms with Gasteiger partial charge in [-0.05, 0) is 45.2 Å². The molecule has 7 nitrogen and oxygen atoms in total. The van der Waals surface area contributed by atoms with Crippen LogP contribution < -0.4 is 0 Å². The number of nitrogens with zero attached hydrogens (tertiary/aromatic N) is 6. The van der Waals surface area contributed by atoms with Crippen LogP contribution in [-0.2, 0) is 6.54 Å². The van der Waals surface area contributed by atoms with Gasteiger partial charge in [0.2, 0.25) is 0 Å². The van der Waals surface area contributed by atoms with E-state index < -0.39 is 0 Å². The van der Waals surface area contributed by atoms with Gasteiger partial charge < -0.3 is 4.52 Å². The second-order valence-corrected chi connectivity index (χ2v) is 8.08. The number of imidazole rings is 1. The van der Waals surface area contributed by atoms with Gasteiger partial charge in [-0.2, -0.15) is 0 Å². The van der Waals surface area contributed by atoms with Crippen molar-refractivity contribution in [2.45, 2.75) is 26.4 Å². The molecule has 1 aliphatic rings. The summed E-state index contributed by atoms with van der Waals surface area (Å²) in [6.07, 6.45) is 5.84. The van der Waals surface area contributed by atoms with Crippen LogP contribution in [0.3, 0.4) is 0 Å². The zero-order chi connectivity index (χ0) is 20.7. The Morgan fingerprint density at radius 2 is 1.93 bits per heavy atom. The molecule has 5 rings (SSSR count). The molecule has 30 heavy (non-hydrogen) atoms. The predicted octanol–water partition coefficient (Wildman–Crippen LogP) is 3.49. The van der Waals surface area contributed by atoms with Gasteiger partial charge in [-0.3, -0.25) is 19.2 Å². The van der Waals surface area contributed by atoms with Gasteiger partial charge in [0.25, 0.3) is 0 Å². The molecule has 0 radical (unpaired) electrons. The van der Waals surface area contributed by atoms with E-state index in [1.54, 1.807) is 0 Å². The Balaban J connectivity index is 1.45. The summed E-state index contributed by atoms with van der Waals surface area (Å²) in [6.45, 7) is 7.82. The fourth-order valence-electron chi connectivity index (χ4n) is 4.29. The Hall–Kier alpha value is -3.03. The lowest BCUT2D eigenvalue weighted by Crippen LogP contribution is -2.46. The maximum Gasteiger partial charge on any atom is 0.138 e. The zero-order valence-electron chi connectivity index (χ0n) is 17.6. The van der Waals surface area contributed by atoms with E-state index in [1.165, 1.54) is 5.56 Å². The standard InChI is InChI=1S/C23H26N6O/c1-16-19(17(2)30-26-16)13-28-12-11-27(3)22(15-28)20-14-29-21(5-4-6-23(29)25-20)18-7-9-24-10-8-18/h4-10,14,22H,11-13,15H2,1-3H3/t22-/m1/s1. The molecule has 0 N–H and O–H groups in total. The van der Waals surface area contributed by atoms with E-state index in [0.29, 0.717) is 0 Å². The maximum atomic E-state index is 5.36. The highest BCUT2D eigenvalue weighted by molar-refractivity contribution is 5.63. The lowest BCUT2D eigenvalue weighted by molar-refractivity contribution is 0.0881. The lowest BCUT2D eigenvalue weighted by Gasteiger charge is -2.38. The summed E-state index contributed by atoms with van der Waals surface area (Å²) < 4.78 is 7.54. The van der Waals surface area contributed by atoms with Crippen LogP contribution in [0.1, 0.15) is 28.8 Å². The van der Waals surface area contributed by atoms with Gasteiger partial charge in [0.05, 0.1) is 23.1 Å². The Morgan fingerprint density at radius 1 is 1.10 bits per heavy atom. The van der Waals surface area contributed by atoms with E-state index in [1.807, 2.05) is 38.4 Å². The summed E-state index contributed by atoms with van der Waals surface area (Å²) in [4.78, 5) is 14.0. The molecule has 1 fully saturated rings. The summed E-state index contributed by atoms with van der Waals surface area (Å²) >= 11 is 0. The van der Waals surface area contributed by atoms with Crippen molar-refractivity contribution in [3.8, 4) is 11.3 Å². The highest BCUT2D eigenvalue weighted by atomic mass is 16.5. The SMILES string of the molecule is Cc1noc(C)c1CN1CCN(C)[C@@H](c2cn3c(-c4ccncc4)cccc3n2)C1. The molecule has 4 aromatic heterocycles. The van der Waals surface area contributed by atoms with Crippen LogP contribution in [0.15, 0.2) is 53.4 Å². The Kier molecular flexibility index (Phi) is 4.84. The van der Waals surface area contributed by atoms with Gasteiger partial charge >= 0.3 is 0 Å². The first-order chi connectivity index (χ1) is 14.6. The molecular formula is C23H26N6O. The van der Waals surface area contributed by atoms with Gasteiger partial charge in [-0.15, -0.1) is 0 Å². The summed E-state index contributed by atoms with van der Waals surface area (Å²) in [6, 6.07) is 10.6. The van der Waals surface area contributed by atoms with Crippen molar-refractivity contribution in [3.05, 3.63) is 71.6 Å². The van der Waals surface area contributed by atoms with Crippen LogP contribution in [0, 0.1) is 13.8 Å². The lowest BCUT2D eigenvalue weighted by atomic mass is 10.1. The minimum atomic E-state index is 0.240. The van der Waals surface area contributed by atoms with Gasteiger partial charge in [-0.25, -0.2) is 4.98 Å². The molecule has 0 aliphatic carbocycles. The zero-order valence-corrected chi connectivity index (χ0v) is 17.6. The third-order valence-electron chi connectivity index (χ3n) is 6.12. The number of aryl methyl sites for hydroxylation is 2. The van der Waals surface area contributed by atoms with Crippen LogP contribution in [-0.4, -0.2) is 56.0 Å². The normalized spacial score (nSPS) is 18.3. The summed E-state index contributed by atoms with van der Waals surface area (Å²) in [5.41, 5.74) is 6.51. The molecular weight excluding hydrogens is 376 g/mol. The van der Waals surface area contributed by atoms with E-state index in [-0.39, 0.29) is 6.04 Å². The van der Waals surface area contributed by atoms with Crippen molar-refractivity contribution in [3.63, 3.8) is 0 Å². The maximum absolute atomic E-state index is 5.36. The minimum absolute atomic E-state index is 0.240. The van der Waals surface area contributed by atoms with E-state index in [2.05, 4.69) is 55.8 Å². The summed E-state index contributed by atoms with van der Waals surface area (Å²) in [7, 11) is 2.19. The Morgan fingerprint density at radius 3 is 2.70 bits per heavy atom. The van der Waals surface area contributed by atoms with Crippen molar-refractivity contribution in [2.24, 2.45) is 0 Å². The fraction of sp³-hybridized carbons (Fsp3) is 0.348. The predicted molar refractivity (Wildman–Crippen MR) is 115 cm³/mol. The minimum Gasteiger partial charge on any atom is -0.361 e. The van der Waals surface area contributed by atoms with Gasteiger partial charge in [0.1, 0.15) is 11.4 Å². The molecule has 4 aromatic rings. The molecule has 0 amide bonds. The molecule has 0 spiro atoms. The summed E-state index contributed by atoms with van der Waals surface area (Å²) in [5, 5.41) is 4.11. The average molecular weight is 403 g/mol. The largest absolute Gasteiger partial charge is 0.361 e. The quantitative estimate of drug-likeness (QED) is 0.521. The number of pyridine rings is 2. The number of aromatic nitrogens is 4. The molecule has 0 saturated carbocycles. The average Bonchev–Trinajstić information content (AvgIpc) is 3.34. The first-order valence-corrected chi connectivity index (χ1v) is 10.3. The van der Waals surface area contributed by atoms with Crippen LogP contribution in [0.4, 0.5) is 0 Å². The van der Waals surface area contributed by atoms with E-state index in [9.17, 15) is 0 Å². The van der Waals surface area contributed by atoms with E-state index in [4.69, 9.17) is 9.51 Å². The highest BCUT2D eigenvalue weighted by Gasteiger charge is 2.29. The second-order valence-electron chi connectivity index (χ2n) is 8.08. The number of fused-ring (bicyclic) bond motifs is 1. The van der Waals surface area contributed by atoms with Crippen LogP contribution in [0.25, 0.3) is 16.9 Å². The molecule has 0 aromatic carbocycles. The summed E-state index contributed by atoms with van der Waals surface area (Å²) in [5.74, 6) is 0.915. The van der Waals surface area contributed by atoms with Crippen molar-refractivity contribution < 1.29 is 4.52 Å². The molecule has 154 valence electrons. The van der Waals surface area contributed by atoms with Crippen LogP contribution in [0.2, 0.25) is 0 Å². The molecule has 1 saturated heterocycles. The highest BCUT2D eigenvalue weighted by Crippen LogP contribution is 2.28. The van der Waals surface area contributed by atoms with Crippen molar-refractivity contribution in [1.29, 1.82) is 0 Å². The monoisotopic (exact) mass is 402 g/mol. The molecule has 7 heteroatoms. The fourth-order valence-corrected chi connectivity index (χ4v) is 4.29. The van der Waals surface area contributed by atoms with Gasteiger partial charge in [0.15, 0.2) is 0 Å². The number of piperazine rings is 1. The van der Waals surface area contributed by atoms with Crippen molar-refractivity contribution in [2.75, 3.05) is 26.7 Å². The number of rotatable bonds is 4. The number of likely N-dealkylation sites (N-methyl/N-ethyl adjacent to an activating group) is 1. The van der Waals surface area contributed by atoms with Crippen molar-refractivity contribution in [1.82, 2.24) is 29.3 Å². The third kappa shape index (κ3) is 3.40. The van der Waals surface area contributed by atoms with Gasteiger partial charge in [-0.1, -0.05) is 11.2 Å². The molecule has 1 aliphatic heterocycles. The van der Waals surface area contributed by atoms with Crippen LogP contribution >= 0.6 is 0 Å². The molecule has 1 atom stereocenters. The molecule has 5 heterocycles. The molecule has 0 bridgehead atoms. The third-order valence-corrected chi connectivity index (χ3v) is 6.12. The van der Waals surface area contributed by atoms with E-state index >= 15 is 0 Å². The van der Waals surface area contributed by atoms with Crippen molar-refractivity contribution >= 4 is 5.65 Å². The van der Waals surface area contributed by atoms with Gasteiger partial charge in [0, 0.05) is 55.9 Å².